The maximum absolute atomic E-state index is 12.5. The number of imide groups is 1. The summed E-state index contributed by atoms with van der Waals surface area (Å²) >= 11 is 1.66. The van der Waals surface area contributed by atoms with Gasteiger partial charge in [0.15, 0.2) is 0 Å². The van der Waals surface area contributed by atoms with E-state index in [0.717, 1.165) is 6.42 Å². The predicted octanol–water partition coefficient (Wildman–Crippen LogP) is 4.08. The number of benzene rings is 2. The molecule has 31 heavy (non-hydrogen) atoms. The largest absolute Gasteiger partial charge is 0.364 e. The third-order valence-electron chi connectivity index (χ3n) is 4.72. The van der Waals surface area contributed by atoms with E-state index in [1.165, 1.54) is 29.1 Å². The van der Waals surface area contributed by atoms with E-state index in [-0.39, 0.29) is 22.6 Å². The highest BCUT2D eigenvalue weighted by molar-refractivity contribution is 7.09. The molecular formula is C23H18N2O5S. The summed E-state index contributed by atoms with van der Waals surface area (Å²) in [5.41, 5.74) is 0.901. The van der Waals surface area contributed by atoms with E-state index in [9.17, 15) is 19.2 Å². The molecule has 2 heterocycles. The van der Waals surface area contributed by atoms with E-state index in [0.29, 0.717) is 23.6 Å². The van der Waals surface area contributed by atoms with Gasteiger partial charge in [-0.3, -0.25) is 14.4 Å². The van der Waals surface area contributed by atoms with E-state index in [4.69, 9.17) is 4.84 Å². The van der Waals surface area contributed by atoms with Crippen molar-refractivity contribution < 1.29 is 24.0 Å². The van der Waals surface area contributed by atoms with Crippen molar-refractivity contribution in [2.45, 2.75) is 19.3 Å². The Morgan fingerprint density at radius 2 is 1.68 bits per heavy atom. The number of aryl methyl sites for hydroxylation is 1. The lowest BCUT2D eigenvalue weighted by Gasteiger charge is -2.13. The highest BCUT2D eigenvalue weighted by atomic mass is 32.1. The predicted molar refractivity (Wildman–Crippen MR) is 115 cm³/mol. The second-order valence-corrected chi connectivity index (χ2v) is 7.92. The Bertz CT molecular complexity index is 1120. The number of anilines is 1. The van der Waals surface area contributed by atoms with Crippen molar-refractivity contribution in [1.82, 2.24) is 5.06 Å². The number of nitrogens with one attached hydrogen (secondary N) is 1. The van der Waals surface area contributed by atoms with Crippen molar-refractivity contribution in [3.05, 3.63) is 87.6 Å². The highest BCUT2D eigenvalue weighted by Crippen LogP contribution is 2.24. The quantitative estimate of drug-likeness (QED) is 0.566. The Labute approximate surface area is 182 Å². The minimum Gasteiger partial charge on any atom is -0.326 e. The molecule has 2 aromatic carbocycles. The molecule has 156 valence electrons. The number of amides is 3. The zero-order chi connectivity index (χ0) is 21.8. The number of hydrogen-bond donors (Lipinski definition) is 1. The zero-order valence-electron chi connectivity index (χ0n) is 16.4. The fourth-order valence-electron chi connectivity index (χ4n) is 3.21. The van der Waals surface area contributed by atoms with Crippen LogP contribution in [0.5, 0.6) is 0 Å². The van der Waals surface area contributed by atoms with E-state index < -0.39 is 17.8 Å². The smallest absolute Gasteiger partial charge is 0.326 e. The van der Waals surface area contributed by atoms with Gasteiger partial charge in [0, 0.05) is 17.0 Å². The number of rotatable bonds is 7. The molecule has 0 fully saturated rings. The lowest BCUT2D eigenvalue weighted by atomic mass is 10.1. The summed E-state index contributed by atoms with van der Waals surface area (Å²) < 4.78 is 0. The number of nitrogens with zero attached hydrogens (tertiary/aromatic N) is 1. The second kappa shape index (κ2) is 8.93. The number of thiophene rings is 1. The highest BCUT2D eigenvalue weighted by Gasteiger charge is 2.38. The van der Waals surface area contributed by atoms with Crippen molar-refractivity contribution in [3.63, 3.8) is 0 Å². The van der Waals surface area contributed by atoms with Gasteiger partial charge in [0.25, 0.3) is 11.8 Å². The summed E-state index contributed by atoms with van der Waals surface area (Å²) in [7, 11) is 0. The molecule has 0 unspecified atom stereocenters. The number of carbonyl (C=O) groups is 4. The lowest BCUT2D eigenvalue weighted by Crippen LogP contribution is -2.32. The number of carbonyl (C=O) groups excluding carboxylic acids is 4. The van der Waals surface area contributed by atoms with E-state index in [2.05, 4.69) is 5.32 Å². The van der Waals surface area contributed by atoms with Crippen LogP contribution in [0.25, 0.3) is 0 Å². The Balaban J connectivity index is 1.35. The fourth-order valence-corrected chi connectivity index (χ4v) is 3.96. The van der Waals surface area contributed by atoms with Gasteiger partial charge in [0.2, 0.25) is 5.91 Å². The van der Waals surface area contributed by atoms with Crippen LogP contribution in [0.1, 0.15) is 48.8 Å². The topological polar surface area (TPSA) is 92.8 Å². The molecule has 0 bridgehead atoms. The first-order chi connectivity index (χ1) is 15.0. The SMILES string of the molecule is O=C(CCCc1cccs1)Nc1cccc(C(=O)ON2C(=O)c3ccccc3C2=O)c1. The molecule has 7 nitrogen and oxygen atoms in total. The molecule has 0 atom stereocenters. The first-order valence-electron chi connectivity index (χ1n) is 9.65. The Hall–Kier alpha value is -3.78. The second-order valence-electron chi connectivity index (χ2n) is 6.89. The monoisotopic (exact) mass is 434 g/mol. The molecule has 3 amide bonds. The van der Waals surface area contributed by atoms with Crippen molar-refractivity contribution >= 4 is 40.7 Å². The minimum atomic E-state index is -0.872. The van der Waals surface area contributed by atoms with E-state index in [1.807, 2.05) is 17.5 Å². The molecule has 1 aliphatic heterocycles. The molecular weight excluding hydrogens is 416 g/mol. The van der Waals surface area contributed by atoms with Crippen LogP contribution in [0.3, 0.4) is 0 Å². The summed E-state index contributed by atoms with van der Waals surface area (Å²) in [4.78, 5) is 55.7. The molecule has 0 saturated heterocycles. The van der Waals surface area contributed by atoms with Crippen molar-refractivity contribution in [3.8, 4) is 0 Å². The molecule has 1 aliphatic rings. The standard InChI is InChI=1S/C23H18N2O5S/c26-20(12-4-8-17-9-5-13-31-17)24-16-7-3-6-15(14-16)23(29)30-25-21(27)18-10-1-2-11-19(18)22(25)28/h1-3,5-7,9-11,13-14H,4,8,12H2,(H,24,26). The van der Waals surface area contributed by atoms with Crippen molar-refractivity contribution in [2.75, 3.05) is 5.32 Å². The minimum absolute atomic E-state index is 0.105. The zero-order valence-corrected chi connectivity index (χ0v) is 17.2. The summed E-state index contributed by atoms with van der Waals surface area (Å²) in [6.45, 7) is 0. The van der Waals surface area contributed by atoms with Gasteiger partial charge in [-0.05, 0) is 54.6 Å². The van der Waals surface area contributed by atoms with Crippen LogP contribution in [0, 0.1) is 0 Å². The van der Waals surface area contributed by atoms with Gasteiger partial charge >= 0.3 is 5.97 Å². The van der Waals surface area contributed by atoms with Crippen molar-refractivity contribution in [1.29, 1.82) is 0 Å². The first-order valence-corrected chi connectivity index (χ1v) is 10.5. The lowest BCUT2D eigenvalue weighted by molar-refractivity contribution is -0.116. The van der Waals surface area contributed by atoms with Crippen LogP contribution >= 0.6 is 11.3 Å². The third kappa shape index (κ3) is 4.54. The molecule has 1 N–H and O–H groups in total. The van der Waals surface area contributed by atoms with Gasteiger partial charge in [0.1, 0.15) is 0 Å². The van der Waals surface area contributed by atoms with Crippen LogP contribution in [0.15, 0.2) is 66.0 Å². The number of hydroxylamine groups is 2. The van der Waals surface area contributed by atoms with E-state index >= 15 is 0 Å². The number of fused-ring (bicyclic) bond motifs is 1. The summed E-state index contributed by atoms with van der Waals surface area (Å²) in [5, 5.41) is 5.21. The van der Waals surface area contributed by atoms with Gasteiger partial charge in [0.05, 0.1) is 16.7 Å². The molecule has 8 heteroatoms. The molecule has 0 saturated carbocycles. The molecule has 3 aromatic rings. The molecule has 1 aromatic heterocycles. The summed E-state index contributed by atoms with van der Waals surface area (Å²) in [6, 6.07) is 16.4. The normalized spacial score (nSPS) is 12.6. The van der Waals surface area contributed by atoms with Gasteiger partial charge < -0.3 is 10.2 Å². The maximum Gasteiger partial charge on any atom is 0.364 e. The third-order valence-corrected chi connectivity index (χ3v) is 5.66. The summed E-state index contributed by atoms with van der Waals surface area (Å²) in [6.07, 6.45) is 1.90. The van der Waals surface area contributed by atoms with Crippen LogP contribution in [0.4, 0.5) is 5.69 Å². The fraction of sp³-hybridized carbons (Fsp3) is 0.130. The Kier molecular flexibility index (Phi) is 5.90. The number of hydrogen-bond acceptors (Lipinski definition) is 6. The van der Waals surface area contributed by atoms with Crippen LogP contribution < -0.4 is 5.32 Å². The van der Waals surface area contributed by atoms with Crippen LogP contribution in [0.2, 0.25) is 0 Å². The average Bonchev–Trinajstić information content (AvgIpc) is 3.37. The molecule has 4 rings (SSSR count). The van der Waals surface area contributed by atoms with Crippen LogP contribution in [-0.4, -0.2) is 28.8 Å². The van der Waals surface area contributed by atoms with Gasteiger partial charge in [-0.15, -0.1) is 11.3 Å². The van der Waals surface area contributed by atoms with Crippen molar-refractivity contribution in [2.24, 2.45) is 0 Å². The van der Waals surface area contributed by atoms with Crippen LogP contribution in [-0.2, 0) is 16.1 Å². The van der Waals surface area contributed by atoms with Gasteiger partial charge in [-0.1, -0.05) is 29.3 Å². The van der Waals surface area contributed by atoms with Gasteiger partial charge in [-0.25, -0.2) is 4.79 Å². The Morgan fingerprint density at radius 1 is 0.935 bits per heavy atom. The molecule has 0 radical (unpaired) electrons. The summed E-state index contributed by atoms with van der Waals surface area (Å²) in [5.74, 6) is -2.42. The molecule has 0 aliphatic carbocycles. The Morgan fingerprint density at radius 3 is 2.35 bits per heavy atom. The first kappa shape index (κ1) is 20.5. The van der Waals surface area contributed by atoms with E-state index in [1.54, 1.807) is 35.6 Å². The maximum atomic E-state index is 12.5. The van der Waals surface area contributed by atoms with Gasteiger partial charge in [-0.2, -0.15) is 0 Å². The molecule has 0 spiro atoms. The average molecular weight is 434 g/mol.